The summed E-state index contributed by atoms with van der Waals surface area (Å²) in [5.74, 6) is 0.140. The van der Waals surface area contributed by atoms with Crippen molar-refractivity contribution in [2.75, 3.05) is 39.3 Å². The van der Waals surface area contributed by atoms with Crippen LogP contribution in [0.4, 0.5) is 4.39 Å². The van der Waals surface area contributed by atoms with Crippen LogP contribution in [0.1, 0.15) is 97.1 Å². The van der Waals surface area contributed by atoms with E-state index in [4.69, 9.17) is 0 Å². The fourth-order valence-electron chi connectivity index (χ4n) is 5.61. The molecule has 0 atom stereocenters. The van der Waals surface area contributed by atoms with Crippen molar-refractivity contribution in [2.45, 2.75) is 71.4 Å². The van der Waals surface area contributed by atoms with Crippen molar-refractivity contribution in [2.24, 2.45) is 0 Å². The number of benzene rings is 2. The first-order chi connectivity index (χ1) is 20.2. The summed E-state index contributed by atoms with van der Waals surface area (Å²) in [7, 11) is 0. The van der Waals surface area contributed by atoms with Gasteiger partial charge in [-0.3, -0.25) is 9.59 Å². The lowest BCUT2D eigenvalue weighted by atomic mass is 9.93. The van der Waals surface area contributed by atoms with Gasteiger partial charge in [0.05, 0.1) is 5.01 Å². The van der Waals surface area contributed by atoms with Gasteiger partial charge in [0.25, 0.3) is 11.8 Å². The molecule has 1 aromatic heterocycles. The molecule has 0 bridgehead atoms. The molecule has 226 valence electrons. The maximum absolute atomic E-state index is 14.3. The maximum Gasteiger partial charge on any atom is 0.270 e. The lowest BCUT2D eigenvalue weighted by Gasteiger charge is -2.31. The molecule has 2 aromatic carbocycles. The van der Waals surface area contributed by atoms with Crippen molar-refractivity contribution in [3.05, 3.63) is 75.7 Å². The summed E-state index contributed by atoms with van der Waals surface area (Å²) in [6, 6.07) is 15.0. The minimum absolute atomic E-state index is 0.00888. The number of carbonyl (C=O) groups excluding carboxylic acids is 2. The lowest BCUT2D eigenvalue weighted by Crippen LogP contribution is -2.38. The molecule has 3 aromatic rings. The van der Waals surface area contributed by atoms with Gasteiger partial charge in [0.2, 0.25) is 0 Å². The van der Waals surface area contributed by atoms with Gasteiger partial charge in [-0.25, -0.2) is 9.37 Å². The van der Waals surface area contributed by atoms with Crippen LogP contribution in [0.3, 0.4) is 0 Å². The Morgan fingerprint density at radius 1 is 1.02 bits per heavy atom. The molecule has 1 fully saturated rings. The Morgan fingerprint density at radius 2 is 1.69 bits per heavy atom. The summed E-state index contributed by atoms with van der Waals surface area (Å²) in [6.45, 7) is 12.6. The quantitative estimate of drug-likeness (QED) is 0.212. The van der Waals surface area contributed by atoms with Crippen molar-refractivity contribution < 1.29 is 14.0 Å². The molecular weight excluding hydrogens is 547 g/mol. The second-order valence-corrected chi connectivity index (χ2v) is 12.6. The fourth-order valence-corrected chi connectivity index (χ4v) is 6.58. The monoisotopic (exact) mass is 592 g/mol. The molecule has 1 aliphatic rings. The second kappa shape index (κ2) is 14.9. The number of amides is 2. The zero-order chi connectivity index (χ0) is 30.1. The predicted molar refractivity (Wildman–Crippen MR) is 170 cm³/mol. The van der Waals surface area contributed by atoms with Crippen molar-refractivity contribution >= 4 is 23.2 Å². The van der Waals surface area contributed by atoms with E-state index in [-0.39, 0.29) is 17.7 Å². The molecule has 42 heavy (non-hydrogen) atoms. The summed E-state index contributed by atoms with van der Waals surface area (Å²) < 4.78 is 14.3. The van der Waals surface area contributed by atoms with Gasteiger partial charge in [-0.05, 0) is 88.3 Å². The number of hydrogen-bond acceptors (Lipinski definition) is 5. The van der Waals surface area contributed by atoms with Crippen molar-refractivity contribution in [3.63, 3.8) is 0 Å². The largest absolute Gasteiger partial charge is 0.351 e. The number of aromatic nitrogens is 1. The molecule has 2 heterocycles. The van der Waals surface area contributed by atoms with Gasteiger partial charge in [-0.15, -0.1) is 11.3 Å². The minimum Gasteiger partial charge on any atom is -0.351 e. The molecule has 0 saturated carbocycles. The number of nitrogens with one attached hydrogen (secondary N) is 1. The van der Waals surface area contributed by atoms with Crippen LogP contribution in [0, 0.1) is 0 Å². The Morgan fingerprint density at radius 3 is 2.33 bits per heavy atom. The van der Waals surface area contributed by atoms with Gasteiger partial charge < -0.3 is 15.1 Å². The van der Waals surface area contributed by atoms with Crippen LogP contribution in [-0.2, 0) is 5.67 Å². The zero-order valence-electron chi connectivity index (χ0n) is 25.5. The van der Waals surface area contributed by atoms with E-state index in [0.29, 0.717) is 36.5 Å². The fraction of sp³-hybridized carbons (Fsp3) is 0.500. The molecule has 1 saturated heterocycles. The van der Waals surface area contributed by atoms with Gasteiger partial charge in [0, 0.05) is 36.5 Å². The molecule has 1 aliphatic heterocycles. The van der Waals surface area contributed by atoms with Crippen molar-refractivity contribution in [3.8, 4) is 11.1 Å². The number of alkyl halides is 1. The second-order valence-electron chi connectivity index (χ2n) is 11.7. The highest BCUT2D eigenvalue weighted by Crippen LogP contribution is 2.33. The molecule has 0 aliphatic carbocycles. The molecular formula is C34H45FN4O2S. The average Bonchev–Trinajstić information content (AvgIpc) is 3.49. The molecule has 1 N–H and O–H groups in total. The Hall–Kier alpha value is -3.10. The number of rotatable bonds is 13. The molecule has 0 unspecified atom stereocenters. The van der Waals surface area contributed by atoms with E-state index < -0.39 is 5.67 Å². The summed E-state index contributed by atoms with van der Waals surface area (Å²) >= 11 is 1.54. The number of thiazole rings is 1. The molecule has 6 nitrogen and oxygen atoms in total. The number of likely N-dealkylation sites (tertiary alicyclic amines) is 1. The molecule has 2 amide bonds. The first-order valence-electron chi connectivity index (χ1n) is 15.3. The van der Waals surface area contributed by atoms with E-state index in [0.717, 1.165) is 67.9 Å². The highest BCUT2D eigenvalue weighted by atomic mass is 32.1. The SMILES string of the molecule is CCCN(CCC)CCCNC(=O)c1csc(C2CCN(C(=O)c3ccccc3-c3ccc(C(C)(C)F)cc3)CC2)n1. The van der Waals surface area contributed by atoms with E-state index in [1.807, 2.05) is 46.7 Å². The van der Waals surface area contributed by atoms with Crippen LogP contribution >= 0.6 is 11.3 Å². The third-order valence-electron chi connectivity index (χ3n) is 7.94. The number of piperidine rings is 1. The Labute approximate surface area is 254 Å². The predicted octanol–water partition coefficient (Wildman–Crippen LogP) is 7.28. The van der Waals surface area contributed by atoms with Gasteiger partial charge in [0.1, 0.15) is 11.4 Å². The zero-order valence-corrected chi connectivity index (χ0v) is 26.3. The van der Waals surface area contributed by atoms with Gasteiger partial charge >= 0.3 is 0 Å². The van der Waals surface area contributed by atoms with Crippen molar-refractivity contribution in [1.82, 2.24) is 20.1 Å². The standard InChI is InChI=1S/C34H45FN4O2S/c1-5-19-38(20-6-2)21-9-18-36-31(40)30-24-42-32(37-30)26-16-22-39(23-17-26)33(41)29-11-8-7-10-28(29)25-12-14-27(15-13-25)34(3,4)35/h7-8,10-15,24,26H,5-6,9,16-23H2,1-4H3,(H,36,40). The van der Waals surface area contributed by atoms with Crippen LogP contribution in [0.2, 0.25) is 0 Å². The number of carbonyl (C=O) groups is 2. The normalized spacial score (nSPS) is 14.4. The summed E-state index contributed by atoms with van der Waals surface area (Å²) in [5.41, 5.74) is 2.10. The van der Waals surface area contributed by atoms with Gasteiger partial charge in [-0.2, -0.15) is 0 Å². The third kappa shape index (κ3) is 8.26. The van der Waals surface area contributed by atoms with E-state index in [1.165, 1.54) is 11.3 Å². The number of hydrogen-bond donors (Lipinski definition) is 1. The molecule has 4 rings (SSSR count). The van der Waals surface area contributed by atoms with E-state index >= 15 is 0 Å². The van der Waals surface area contributed by atoms with E-state index in [1.54, 1.807) is 26.0 Å². The van der Waals surface area contributed by atoms with E-state index in [2.05, 4.69) is 29.0 Å². The van der Waals surface area contributed by atoms with Crippen LogP contribution in [0.5, 0.6) is 0 Å². The first kappa shape index (κ1) is 31.8. The lowest BCUT2D eigenvalue weighted by molar-refractivity contribution is 0.0713. The summed E-state index contributed by atoms with van der Waals surface area (Å²) in [4.78, 5) is 35.3. The van der Waals surface area contributed by atoms with E-state index in [9.17, 15) is 14.0 Å². The van der Waals surface area contributed by atoms with Crippen molar-refractivity contribution in [1.29, 1.82) is 0 Å². The Kier molecular flexibility index (Phi) is 11.3. The highest BCUT2D eigenvalue weighted by molar-refractivity contribution is 7.09. The van der Waals surface area contributed by atoms with Crippen LogP contribution < -0.4 is 5.32 Å². The van der Waals surface area contributed by atoms with Gasteiger partial charge in [-0.1, -0.05) is 56.3 Å². The summed E-state index contributed by atoms with van der Waals surface area (Å²) in [6.07, 6.45) is 4.84. The number of halogens is 1. The Bertz CT molecular complexity index is 1300. The third-order valence-corrected chi connectivity index (χ3v) is 8.95. The number of nitrogens with zero attached hydrogens (tertiary/aromatic N) is 3. The average molecular weight is 593 g/mol. The molecule has 8 heteroatoms. The maximum atomic E-state index is 14.3. The molecule has 0 spiro atoms. The van der Waals surface area contributed by atoms with Crippen LogP contribution in [-0.4, -0.2) is 65.9 Å². The highest BCUT2D eigenvalue weighted by Gasteiger charge is 2.28. The topological polar surface area (TPSA) is 65.5 Å². The summed E-state index contributed by atoms with van der Waals surface area (Å²) in [5, 5.41) is 5.86. The van der Waals surface area contributed by atoms with Crippen LogP contribution in [0.15, 0.2) is 53.9 Å². The van der Waals surface area contributed by atoms with Gasteiger partial charge in [0.15, 0.2) is 0 Å². The molecule has 0 radical (unpaired) electrons. The smallest absolute Gasteiger partial charge is 0.270 e. The first-order valence-corrected chi connectivity index (χ1v) is 16.2. The Balaban J connectivity index is 1.30. The van der Waals surface area contributed by atoms with Crippen LogP contribution in [0.25, 0.3) is 11.1 Å². The minimum atomic E-state index is -1.41.